The highest BCUT2D eigenvalue weighted by Crippen LogP contribution is 2.35. The predicted molar refractivity (Wildman–Crippen MR) is 139 cm³/mol. The minimum absolute atomic E-state index is 0.489. The van der Waals surface area contributed by atoms with Gasteiger partial charge in [0.15, 0.2) is 0 Å². The average molecular weight is 423 g/mol. The lowest BCUT2D eigenvalue weighted by atomic mass is 9.81. The molecule has 3 atom stereocenters. The molecule has 0 bridgehead atoms. The van der Waals surface area contributed by atoms with E-state index in [1.54, 1.807) is 12.5 Å². The standard InChI is InChI=1S/C18H29N.C9H12.C2H5N/c1-13(2)16-8-10-17(11-9-16)18(14(3)4)19-12-6-7-15(19)5;1-7-5-4-6-8(2)9(7)3;1-2-3/h10,15-16,18H,1,3,6-9,11-12H2,2,4-5H3;4-6H,1-3H3;2-3H,1H3. The quantitative estimate of drug-likeness (QED) is 0.386. The van der Waals surface area contributed by atoms with Crippen LogP contribution in [0.25, 0.3) is 0 Å². The Balaban J connectivity index is 0.000000333. The molecule has 0 radical (unpaired) electrons. The predicted octanol–water partition coefficient (Wildman–Crippen LogP) is 7.99. The monoisotopic (exact) mass is 422 g/mol. The van der Waals surface area contributed by atoms with Gasteiger partial charge in [-0.2, -0.15) is 0 Å². The maximum atomic E-state index is 6.08. The van der Waals surface area contributed by atoms with Crippen molar-refractivity contribution in [2.45, 2.75) is 92.7 Å². The minimum atomic E-state index is 0.489. The first-order valence-electron chi connectivity index (χ1n) is 11.9. The normalized spacial score (nSPS) is 21.6. The van der Waals surface area contributed by atoms with Gasteiger partial charge in [-0.15, -0.1) is 0 Å². The first kappa shape index (κ1) is 27.1. The van der Waals surface area contributed by atoms with Crippen LogP contribution in [0.1, 0.15) is 76.5 Å². The lowest BCUT2D eigenvalue weighted by Crippen LogP contribution is -2.40. The van der Waals surface area contributed by atoms with Crippen molar-refractivity contribution in [3.63, 3.8) is 0 Å². The van der Waals surface area contributed by atoms with Gasteiger partial charge in [0.05, 0.1) is 6.04 Å². The van der Waals surface area contributed by atoms with E-state index in [4.69, 9.17) is 5.41 Å². The summed E-state index contributed by atoms with van der Waals surface area (Å²) < 4.78 is 0. The van der Waals surface area contributed by atoms with Gasteiger partial charge in [-0.05, 0) is 116 Å². The highest BCUT2D eigenvalue weighted by atomic mass is 15.2. The van der Waals surface area contributed by atoms with E-state index in [1.807, 2.05) is 0 Å². The van der Waals surface area contributed by atoms with Crippen LogP contribution in [0.4, 0.5) is 0 Å². The fourth-order valence-electron chi connectivity index (χ4n) is 4.60. The number of nitrogens with zero attached hydrogens (tertiary/aromatic N) is 1. The number of hydrogen-bond acceptors (Lipinski definition) is 2. The van der Waals surface area contributed by atoms with E-state index in [-0.39, 0.29) is 0 Å². The molecule has 2 aliphatic rings. The van der Waals surface area contributed by atoms with Crippen molar-refractivity contribution in [2.24, 2.45) is 5.92 Å². The van der Waals surface area contributed by atoms with E-state index in [9.17, 15) is 0 Å². The van der Waals surface area contributed by atoms with Crippen LogP contribution in [0.15, 0.2) is 54.2 Å². The van der Waals surface area contributed by atoms with E-state index >= 15 is 0 Å². The van der Waals surface area contributed by atoms with Crippen LogP contribution in [0.3, 0.4) is 0 Å². The molecule has 1 heterocycles. The van der Waals surface area contributed by atoms with Crippen LogP contribution in [0.2, 0.25) is 0 Å². The molecule has 2 nitrogen and oxygen atoms in total. The number of benzene rings is 1. The van der Waals surface area contributed by atoms with Gasteiger partial charge in [-0.1, -0.05) is 54.2 Å². The Morgan fingerprint density at radius 2 is 1.71 bits per heavy atom. The van der Waals surface area contributed by atoms with Crippen LogP contribution in [-0.4, -0.2) is 29.7 Å². The van der Waals surface area contributed by atoms with Gasteiger partial charge in [-0.3, -0.25) is 4.90 Å². The van der Waals surface area contributed by atoms with Crippen LogP contribution in [-0.2, 0) is 0 Å². The molecule has 2 heteroatoms. The van der Waals surface area contributed by atoms with Crippen molar-refractivity contribution in [2.75, 3.05) is 6.54 Å². The van der Waals surface area contributed by atoms with Gasteiger partial charge in [-0.25, -0.2) is 0 Å². The summed E-state index contributed by atoms with van der Waals surface area (Å²) in [6, 6.07) is 7.58. The fraction of sp³-hybridized carbons (Fsp3) is 0.552. The van der Waals surface area contributed by atoms with Crippen LogP contribution >= 0.6 is 0 Å². The number of hydrogen-bond donors (Lipinski definition) is 1. The van der Waals surface area contributed by atoms with Gasteiger partial charge in [0.2, 0.25) is 0 Å². The first-order chi connectivity index (χ1) is 14.6. The van der Waals surface area contributed by atoms with Crippen molar-refractivity contribution >= 4 is 6.21 Å². The van der Waals surface area contributed by atoms with E-state index in [0.29, 0.717) is 18.0 Å². The Bertz CT molecular complexity index is 751. The van der Waals surface area contributed by atoms with Gasteiger partial charge in [0.1, 0.15) is 0 Å². The zero-order valence-electron chi connectivity index (χ0n) is 21.2. The molecular weight excluding hydrogens is 376 g/mol. The molecule has 3 rings (SSSR count). The molecule has 172 valence electrons. The Labute approximate surface area is 192 Å². The van der Waals surface area contributed by atoms with Crippen molar-refractivity contribution in [1.82, 2.24) is 4.90 Å². The molecule has 3 unspecified atom stereocenters. The maximum Gasteiger partial charge on any atom is 0.0517 e. The third-order valence-corrected chi connectivity index (χ3v) is 6.77. The van der Waals surface area contributed by atoms with Crippen molar-refractivity contribution < 1.29 is 0 Å². The highest BCUT2D eigenvalue weighted by molar-refractivity contribution is 5.48. The summed E-state index contributed by atoms with van der Waals surface area (Å²) in [6.45, 7) is 24.5. The molecule has 1 saturated heterocycles. The van der Waals surface area contributed by atoms with Crippen molar-refractivity contribution in [1.29, 1.82) is 5.41 Å². The highest BCUT2D eigenvalue weighted by Gasteiger charge is 2.31. The molecule has 0 aromatic heterocycles. The van der Waals surface area contributed by atoms with Crippen molar-refractivity contribution in [3.05, 3.63) is 70.8 Å². The molecule has 1 aromatic carbocycles. The average Bonchev–Trinajstić information content (AvgIpc) is 3.13. The molecule has 31 heavy (non-hydrogen) atoms. The maximum absolute atomic E-state index is 6.08. The summed E-state index contributed by atoms with van der Waals surface area (Å²) in [7, 11) is 0. The molecule has 0 spiro atoms. The Kier molecular flexibility index (Phi) is 11.8. The zero-order chi connectivity index (χ0) is 23.6. The van der Waals surface area contributed by atoms with E-state index in [0.717, 1.165) is 0 Å². The first-order valence-corrected chi connectivity index (χ1v) is 11.9. The molecule has 0 saturated carbocycles. The second-order valence-electron chi connectivity index (χ2n) is 9.38. The molecule has 1 fully saturated rings. The molecule has 1 aliphatic carbocycles. The lowest BCUT2D eigenvalue weighted by Gasteiger charge is -2.36. The summed E-state index contributed by atoms with van der Waals surface area (Å²) in [6.07, 6.45) is 10.1. The van der Waals surface area contributed by atoms with E-state index in [2.05, 4.69) is 83.9 Å². The smallest absolute Gasteiger partial charge is 0.0517 e. The number of nitrogens with one attached hydrogen (secondary N) is 1. The van der Waals surface area contributed by atoms with Crippen LogP contribution < -0.4 is 0 Å². The third kappa shape index (κ3) is 8.26. The summed E-state index contributed by atoms with van der Waals surface area (Å²) in [5.74, 6) is 0.700. The number of likely N-dealkylation sites (tertiary alicyclic amines) is 1. The molecular formula is C29H46N2. The van der Waals surface area contributed by atoms with Crippen LogP contribution in [0, 0.1) is 32.1 Å². The summed E-state index contributed by atoms with van der Waals surface area (Å²) in [5, 5.41) is 6.08. The SMILES string of the molecule is C=C(C)C1CC=C(C(C(=C)C)N2CCCC2C)CC1.CC=N.Cc1cccc(C)c1C. The Hall–Kier alpha value is -1.93. The zero-order valence-corrected chi connectivity index (χ0v) is 21.2. The van der Waals surface area contributed by atoms with Gasteiger partial charge in [0.25, 0.3) is 0 Å². The van der Waals surface area contributed by atoms with Gasteiger partial charge >= 0.3 is 0 Å². The number of aryl methyl sites for hydroxylation is 2. The summed E-state index contributed by atoms with van der Waals surface area (Å²) >= 11 is 0. The van der Waals surface area contributed by atoms with Gasteiger partial charge in [0, 0.05) is 6.04 Å². The van der Waals surface area contributed by atoms with E-state index < -0.39 is 0 Å². The molecule has 1 aliphatic heterocycles. The number of rotatable bonds is 4. The Morgan fingerprint density at radius 3 is 2.06 bits per heavy atom. The topological polar surface area (TPSA) is 27.1 Å². The van der Waals surface area contributed by atoms with Gasteiger partial charge < -0.3 is 5.41 Å². The Morgan fingerprint density at radius 1 is 1.13 bits per heavy atom. The van der Waals surface area contributed by atoms with Crippen LogP contribution in [0.5, 0.6) is 0 Å². The molecule has 0 amide bonds. The fourth-order valence-corrected chi connectivity index (χ4v) is 4.60. The van der Waals surface area contributed by atoms with Crippen molar-refractivity contribution in [3.8, 4) is 0 Å². The molecule has 1 aromatic rings. The van der Waals surface area contributed by atoms with E-state index in [1.165, 1.54) is 72.7 Å². The number of allylic oxidation sites excluding steroid dienone is 2. The third-order valence-electron chi connectivity index (χ3n) is 6.77. The summed E-state index contributed by atoms with van der Waals surface area (Å²) in [4.78, 5) is 2.66. The molecule has 1 N–H and O–H groups in total. The second-order valence-corrected chi connectivity index (χ2v) is 9.38. The summed E-state index contributed by atoms with van der Waals surface area (Å²) in [5.41, 5.74) is 8.45. The second kappa shape index (κ2) is 13.5. The lowest BCUT2D eigenvalue weighted by molar-refractivity contribution is 0.231. The minimum Gasteiger partial charge on any atom is -0.313 e. The largest absolute Gasteiger partial charge is 0.313 e.